The highest BCUT2D eigenvalue weighted by atomic mass is 32.2. The Morgan fingerprint density at radius 3 is 2.85 bits per heavy atom. The van der Waals surface area contributed by atoms with Gasteiger partial charge >= 0.3 is 0 Å². The van der Waals surface area contributed by atoms with Crippen LogP contribution in [-0.2, 0) is 9.84 Å². The lowest BCUT2D eigenvalue weighted by atomic mass is 10.1. The monoisotopic (exact) mass is 206 g/mol. The van der Waals surface area contributed by atoms with E-state index in [2.05, 4.69) is 10.6 Å². The van der Waals surface area contributed by atoms with E-state index in [0.717, 1.165) is 19.5 Å². The van der Waals surface area contributed by atoms with E-state index in [-0.39, 0.29) is 5.75 Å². The maximum atomic E-state index is 10.8. The molecule has 0 aromatic heterocycles. The van der Waals surface area contributed by atoms with Crippen molar-refractivity contribution >= 4 is 9.84 Å². The van der Waals surface area contributed by atoms with Gasteiger partial charge in [-0.2, -0.15) is 0 Å². The van der Waals surface area contributed by atoms with E-state index in [1.807, 2.05) is 0 Å². The largest absolute Gasteiger partial charge is 0.315 e. The van der Waals surface area contributed by atoms with Gasteiger partial charge in [0.25, 0.3) is 0 Å². The molecule has 0 amide bonds. The van der Waals surface area contributed by atoms with Crippen LogP contribution in [0.4, 0.5) is 0 Å². The first-order valence-electron chi connectivity index (χ1n) is 4.70. The Bertz CT molecular complexity index is 233. The van der Waals surface area contributed by atoms with Crippen LogP contribution < -0.4 is 10.6 Å². The van der Waals surface area contributed by atoms with E-state index in [4.69, 9.17) is 0 Å². The molecule has 0 bridgehead atoms. The van der Waals surface area contributed by atoms with Gasteiger partial charge in [-0.15, -0.1) is 0 Å². The highest BCUT2D eigenvalue weighted by molar-refractivity contribution is 7.90. The lowest BCUT2D eigenvalue weighted by Gasteiger charge is -2.23. The van der Waals surface area contributed by atoms with Crippen molar-refractivity contribution in [1.82, 2.24) is 10.6 Å². The first kappa shape index (κ1) is 10.9. The fourth-order valence-corrected chi connectivity index (χ4v) is 1.96. The van der Waals surface area contributed by atoms with Gasteiger partial charge in [-0.3, -0.25) is 0 Å². The standard InChI is InChI=1S/C8H18N2O2S/c1-13(11,12)6-5-10-8-3-2-4-9-7-8/h8-10H,2-7H2,1H3. The van der Waals surface area contributed by atoms with Crippen LogP contribution in [0.5, 0.6) is 0 Å². The lowest BCUT2D eigenvalue weighted by Crippen LogP contribution is -2.44. The van der Waals surface area contributed by atoms with Crippen LogP contribution in [0.15, 0.2) is 0 Å². The van der Waals surface area contributed by atoms with Crippen LogP contribution in [-0.4, -0.2) is 46.1 Å². The summed E-state index contributed by atoms with van der Waals surface area (Å²) in [6.45, 7) is 2.62. The minimum Gasteiger partial charge on any atom is -0.315 e. The minimum absolute atomic E-state index is 0.240. The molecular weight excluding hydrogens is 188 g/mol. The van der Waals surface area contributed by atoms with Gasteiger partial charge in [-0.05, 0) is 19.4 Å². The van der Waals surface area contributed by atoms with Gasteiger partial charge < -0.3 is 10.6 Å². The number of sulfone groups is 1. The molecule has 1 atom stereocenters. The SMILES string of the molecule is CS(=O)(=O)CCNC1CCCNC1. The maximum Gasteiger partial charge on any atom is 0.148 e. The third-order valence-electron chi connectivity index (χ3n) is 2.20. The van der Waals surface area contributed by atoms with Crippen LogP contribution in [0, 0.1) is 0 Å². The van der Waals surface area contributed by atoms with E-state index in [0.29, 0.717) is 12.6 Å². The Morgan fingerprint density at radius 1 is 1.54 bits per heavy atom. The average Bonchev–Trinajstić information content (AvgIpc) is 2.04. The fraction of sp³-hybridized carbons (Fsp3) is 1.00. The molecule has 0 spiro atoms. The summed E-state index contributed by atoms with van der Waals surface area (Å²) >= 11 is 0. The summed E-state index contributed by atoms with van der Waals surface area (Å²) < 4.78 is 21.6. The number of piperidine rings is 1. The Hall–Kier alpha value is -0.130. The molecule has 78 valence electrons. The van der Waals surface area contributed by atoms with Crippen LogP contribution in [0.3, 0.4) is 0 Å². The number of rotatable bonds is 4. The van der Waals surface area contributed by atoms with Crippen molar-refractivity contribution < 1.29 is 8.42 Å². The normalized spacial score (nSPS) is 24.5. The quantitative estimate of drug-likeness (QED) is 0.643. The molecule has 0 aromatic rings. The molecular formula is C8H18N2O2S. The van der Waals surface area contributed by atoms with Gasteiger partial charge in [0.05, 0.1) is 5.75 Å². The predicted molar refractivity (Wildman–Crippen MR) is 53.6 cm³/mol. The Balaban J connectivity index is 2.11. The molecule has 1 aliphatic heterocycles. The van der Waals surface area contributed by atoms with E-state index in [1.54, 1.807) is 0 Å². The van der Waals surface area contributed by atoms with Gasteiger partial charge in [0.2, 0.25) is 0 Å². The van der Waals surface area contributed by atoms with Crippen LogP contribution in [0.25, 0.3) is 0 Å². The second-order valence-electron chi connectivity index (χ2n) is 3.63. The van der Waals surface area contributed by atoms with Crippen molar-refractivity contribution in [2.75, 3.05) is 31.6 Å². The summed E-state index contributed by atoms with van der Waals surface area (Å²) in [4.78, 5) is 0. The summed E-state index contributed by atoms with van der Waals surface area (Å²) in [5, 5.41) is 6.51. The first-order chi connectivity index (χ1) is 6.08. The molecule has 0 aliphatic carbocycles. The van der Waals surface area contributed by atoms with Crippen molar-refractivity contribution in [3.05, 3.63) is 0 Å². The molecule has 4 nitrogen and oxygen atoms in total. The maximum absolute atomic E-state index is 10.8. The average molecular weight is 206 g/mol. The van der Waals surface area contributed by atoms with Gasteiger partial charge in [0.1, 0.15) is 9.84 Å². The topological polar surface area (TPSA) is 58.2 Å². The molecule has 1 aliphatic rings. The second kappa shape index (κ2) is 4.93. The fourth-order valence-electron chi connectivity index (χ4n) is 1.47. The zero-order valence-electron chi connectivity index (χ0n) is 8.04. The van der Waals surface area contributed by atoms with Crippen molar-refractivity contribution in [3.8, 4) is 0 Å². The molecule has 2 N–H and O–H groups in total. The number of hydrogen-bond acceptors (Lipinski definition) is 4. The van der Waals surface area contributed by atoms with Crippen LogP contribution >= 0.6 is 0 Å². The highest BCUT2D eigenvalue weighted by Gasteiger charge is 2.12. The predicted octanol–water partition coefficient (Wildman–Crippen LogP) is -0.627. The highest BCUT2D eigenvalue weighted by Crippen LogP contribution is 2.00. The lowest BCUT2D eigenvalue weighted by molar-refractivity contribution is 0.397. The van der Waals surface area contributed by atoms with Gasteiger partial charge in [0.15, 0.2) is 0 Å². The molecule has 1 saturated heterocycles. The van der Waals surface area contributed by atoms with Crippen LogP contribution in [0.2, 0.25) is 0 Å². The van der Waals surface area contributed by atoms with E-state index in [1.165, 1.54) is 12.7 Å². The molecule has 0 radical (unpaired) electrons. The molecule has 5 heteroatoms. The zero-order valence-corrected chi connectivity index (χ0v) is 8.86. The van der Waals surface area contributed by atoms with Gasteiger partial charge in [-0.1, -0.05) is 0 Å². The Labute approximate surface area is 80.0 Å². The summed E-state index contributed by atoms with van der Waals surface area (Å²) in [7, 11) is -2.81. The molecule has 0 saturated carbocycles. The van der Waals surface area contributed by atoms with Crippen molar-refractivity contribution in [3.63, 3.8) is 0 Å². The van der Waals surface area contributed by atoms with Crippen molar-refractivity contribution in [1.29, 1.82) is 0 Å². The molecule has 0 aromatic carbocycles. The minimum atomic E-state index is -2.81. The molecule has 1 unspecified atom stereocenters. The third kappa shape index (κ3) is 5.23. The first-order valence-corrected chi connectivity index (χ1v) is 6.76. The smallest absolute Gasteiger partial charge is 0.148 e. The molecule has 13 heavy (non-hydrogen) atoms. The summed E-state index contributed by atoms with van der Waals surface area (Å²) in [5.41, 5.74) is 0. The Morgan fingerprint density at radius 2 is 2.31 bits per heavy atom. The molecule has 1 heterocycles. The Kier molecular flexibility index (Phi) is 4.15. The van der Waals surface area contributed by atoms with Crippen molar-refractivity contribution in [2.45, 2.75) is 18.9 Å². The zero-order chi connectivity index (χ0) is 9.73. The van der Waals surface area contributed by atoms with Crippen molar-refractivity contribution in [2.24, 2.45) is 0 Å². The summed E-state index contributed by atoms with van der Waals surface area (Å²) in [6, 6.07) is 0.454. The third-order valence-corrected chi connectivity index (χ3v) is 3.15. The molecule has 1 fully saturated rings. The number of hydrogen-bond donors (Lipinski definition) is 2. The molecule has 1 rings (SSSR count). The summed E-state index contributed by atoms with van der Waals surface area (Å²) in [6.07, 6.45) is 3.60. The van der Waals surface area contributed by atoms with Gasteiger partial charge in [0, 0.05) is 25.4 Å². The van der Waals surface area contributed by atoms with E-state index >= 15 is 0 Å². The van der Waals surface area contributed by atoms with E-state index in [9.17, 15) is 8.42 Å². The summed E-state index contributed by atoms with van der Waals surface area (Å²) in [5.74, 6) is 0.240. The number of nitrogens with one attached hydrogen (secondary N) is 2. The second-order valence-corrected chi connectivity index (χ2v) is 5.89. The van der Waals surface area contributed by atoms with Crippen LogP contribution in [0.1, 0.15) is 12.8 Å². The van der Waals surface area contributed by atoms with E-state index < -0.39 is 9.84 Å². The van der Waals surface area contributed by atoms with Gasteiger partial charge in [-0.25, -0.2) is 8.42 Å².